The zero-order valence-corrected chi connectivity index (χ0v) is 16.4. The molecule has 2 aliphatic rings. The van der Waals surface area contributed by atoms with Crippen LogP contribution in [0.4, 0.5) is 5.13 Å². The van der Waals surface area contributed by atoms with Gasteiger partial charge in [0.2, 0.25) is 0 Å². The van der Waals surface area contributed by atoms with Crippen LogP contribution in [0, 0.1) is 0 Å². The van der Waals surface area contributed by atoms with E-state index in [0.717, 1.165) is 42.8 Å². The third kappa shape index (κ3) is 3.72. The van der Waals surface area contributed by atoms with Crippen LogP contribution in [0.2, 0.25) is 0 Å². The first-order valence-corrected chi connectivity index (χ1v) is 10.0. The second kappa shape index (κ2) is 7.74. The Labute approximate surface area is 162 Å². The van der Waals surface area contributed by atoms with Gasteiger partial charge in [-0.2, -0.15) is 0 Å². The summed E-state index contributed by atoms with van der Waals surface area (Å²) in [5, 5.41) is 3.56. The Morgan fingerprint density at radius 1 is 1.19 bits per heavy atom. The van der Waals surface area contributed by atoms with Crippen LogP contribution in [-0.2, 0) is 0 Å². The molecule has 144 valence electrons. The minimum atomic E-state index is -0.0791. The maximum absolute atomic E-state index is 11.7. The first kappa shape index (κ1) is 18.1. The normalized spacial score (nSPS) is 18.2. The maximum Gasteiger partial charge on any atom is 0.262 e. The van der Waals surface area contributed by atoms with Gasteiger partial charge < -0.3 is 19.7 Å². The quantitative estimate of drug-likeness (QED) is 0.866. The number of fused-ring (bicyclic) bond motifs is 1. The molecule has 0 unspecified atom stereocenters. The number of hydrogen-bond acceptors (Lipinski definition) is 7. The van der Waals surface area contributed by atoms with Gasteiger partial charge in [-0.25, -0.2) is 4.98 Å². The van der Waals surface area contributed by atoms with Crippen LogP contribution in [-0.4, -0.2) is 62.2 Å². The molecule has 0 spiro atoms. The minimum Gasteiger partial charge on any atom is -0.486 e. The molecule has 1 saturated heterocycles. The summed E-state index contributed by atoms with van der Waals surface area (Å²) in [6.07, 6.45) is 1.66. The molecule has 1 amide bonds. The summed E-state index contributed by atoms with van der Waals surface area (Å²) >= 11 is 1.45. The lowest BCUT2D eigenvalue weighted by atomic mass is 10.1. The van der Waals surface area contributed by atoms with E-state index in [-0.39, 0.29) is 5.91 Å². The molecular formula is C19H24N4O3S. The molecule has 3 heterocycles. The van der Waals surface area contributed by atoms with Crippen molar-refractivity contribution in [2.24, 2.45) is 0 Å². The molecule has 2 aliphatic heterocycles. The van der Waals surface area contributed by atoms with Crippen molar-refractivity contribution >= 4 is 22.4 Å². The van der Waals surface area contributed by atoms with Gasteiger partial charge in [-0.15, -0.1) is 0 Å². The SMILES string of the molecule is CNC(=O)c1cnc(N2CCN([C@H](C)c3ccc4c(c3)OCCO4)CC2)s1. The van der Waals surface area contributed by atoms with Crippen LogP contribution < -0.4 is 19.7 Å². The molecule has 0 aliphatic carbocycles. The number of ether oxygens (including phenoxy) is 2. The van der Waals surface area contributed by atoms with Crippen molar-refractivity contribution in [1.82, 2.24) is 15.2 Å². The fraction of sp³-hybridized carbons (Fsp3) is 0.474. The van der Waals surface area contributed by atoms with Crippen LogP contribution in [0.15, 0.2) is 24.4 Å². The van der Waals surface area contributed by atoms with Crippen molar-refractivity contribution in [2.45, 2.75) is 13.0 Å². The molecule has 1 N–H and O–H groups in total. The fourth-order valence-corrected chi connectivity index (χ4v) is 4.38. The van der Waals surface area contributed by atoms with Gasteiger partial charge in [0.1, 0.15) is 18.1 Å². The third-order valence-corrected chi connectivity index (χ3v) is 6.18. The Bertz CT molecular complexity index is 817. The Morgan fingerprint density at radius 3 is 2.67 bits per heavy atom. The van der Waals surface area contributed by atoms with E-state index in [4.69, 9.17) is 9.47 Å². The number of carbonyl (C=O) groups is 1. The van der Waals surface area contributed by atoms with Gasteiger partial charge in [0.05, 0.1) is 6.20 Å². The van der Waals surface area contributed by atoms with Crippen molar-refractivity contribution in [3.05, 3.63) is 34.8 Å². The van der Waals surface area contributed by atoms with Crippen LogP contribution in [0.3, 0.4) is 0 Å². The molecule has 4 rings (SSSR count). The number of benzene rings is 1. The number of anilines is 1. The first-order valence-electron chi connectivity index (χ1n) is 9.22. The second-order valence-corrected chi connectivity index (χ2v) is 7.70. The molecule has 0 radical (unpaired) electrons. The molecule has 1 fully saturated rings. The Kier molecular flexibility index (Phi) is 5.18. The number of hydrogen-bond donors (Lipinski definition) is 1. The smallest absolute Gasteiger partial charge is 0.262 e. The first-order chi connectivity index (χ1) is 13.2. The number of nitrogens with zero attached hydrogens (tertiary/aromatic N) is 3. The molecule has 27 heavy (non-hydrogen) atoms. The van der Waals surface area contributed by atoms with Gasteiger partial charge in [-0.3, -0.25) is 9.69 Å². The number of nitrogens with one attached hydrogen (secondary N) is 1. The van der Waals surface area contributed by atoms with Gasteiger partial charge in [-0.1, -0.05) is 17.4 Å². The number of amides is 1. The molecule has 0 saturated carbocycles. The Hall–Kier alpha value is -2.32. The van der Waals surface area contributed by atoms with Gasteiger partial charge in [0.25, 0.3) is 5.91 Å². The number of piperazine rings is 1. The summed E-state index contributed by atoms with van der Waals surface area (Å²) in [6, 6.07) is 6.54. The lowest BCUT2D eigenvalue weighted by Crippen LogP contribution is -2.47. The van der Waals surface area contributed by atoms with Crippen LogP contribution in [0.5, 0.6) is 11.5 Å². The Balaban J connectivity index is 1.38. The van der Waals surface area contributed by atoms with E-state index in [0.29, 0.717) is 24.1 Å². The predicted molar refractivity (Wildman–Crippen MR) is 105 cm³/mol. The van der Waals surface area contributed by atoms with E-state index in [1.807, 2.05) is 6.07 Å². The van der Waals surface area contributed by atoms with E-state index in [9.17, 15) is 4.79 Å². The highest BCUT2D eigenvalue weighted by molar-refractivity contribution is 7.17. The summed E-state index contributed by atoms with van der Waals surface area (Å²) < 4.78 is 11.3. The monoisotopic (exact) mass is 388 g/mol. The molecule has 7 nitrogen and oxygen atoms in total. The predicted octanol–water partition coefficient (Wildman–Crippen LogP) is 2.16. The average molecular weight is 388 g/mol. The summed E-state index contributed by atoms with van der Waals surface area (Å²) in [5.74, 6) is 1.59. The topological polar surface area (TPSA) is 66.9 Å². The maximum atomic E-state index is 11.7. The third-order valence-electron chi connectivity index (χ3n) is 5.13. The standard InChI is InChI=1S/C19H24N4O3S/c1-13(14-3-4-15-16(11-14)26-10-9-25-15)22-5-7-23(8-6-22)19-21-12-17(27-19)18(24)20-2/h3-4,11-13H,5-10H2,1-2H3,(H,20,24)/t13-/m1/s1. The number of rotatable bonds is 4. The van der Waals surface area contributed by atoms with Crippen molar-refractivity contribution in [3.8, 4) is 11.5 Å². The van der Waals surface area contributed by atoms with Crippen molar-refractivity contribution in [3.63, 3.8) is 0 Å². The van der Waals surface area contributed by atoms with E-state index >= 15 is 0 Å². The van der Waals surface area contributed by atoms with E-state index in [2.05, 4.69) is 39.2 Å². The summed E-state index contributed by atoms with van der Waals surface area (Å²) in [7, 11) is 1.64. The van der Waals surface area contributed by atoms with Crippen LogP contribution in [0.1, 0.15) is 28.2 Å². The summed E-state index contributed by atoms with van der Waals surface area (Å²) in [4.78, 5) is 21.5. The largest absolute Gasteiger partial charge is 0.486 e. The zero-order valence-electron chi connectivity index (χ0n) is 15.6. The van der Waals surface area contributed by atoms with Crippen molar-refractivity contribution < 1.29 is 14.3 Å². The lowest BCUT2D eigenvalue weighted by Gasteiger charge is -2.38. The molecule has 0 bridgehead atoms. The second-order valence-electron chi connectivity index (χ2n) is 6.69. The van der Waals surface area contributed by atoms with E-state index < -0.39 is 0 Å². The van der Waals surface area contributed by atoms with Crippen LogP contribution >= 0.6 is 11.3 Å². The molecule has 1 aromatic heterocycles. The molecular weight excluding hydrogens is 364 g/mol. The molecule has 1 aromatic carbocycles. The number of aromatic nitrogens is 1. The zero-order chi connectivity index (χ0) is 18.8. The van der Waals surface area contributed by atoms with Crippen molar-refractivity contribution in [2.75, 3.05) is 51.3 Å². The van der Waals surface area contributed by atoms with E-state index in [1.165, 1.54) is 16.9 Å². The fourth-order valence-electron chi connectivity index (χ4n) is 3.47. The highest BCUT2D eigenvalue weighted by Crippen LogP contribution is 2.34. The van der Waals surface area contributed by atoms with Gasteiger partial charge in [-0.05, 0) is 24.6 Å². The summed E-state index contributed by atoms with van der Waals surface area (Å²) in [5.41, 5.74) is 1.24. The molecule has 1 atom stereocenters. The Morgan fingerprint density at radius 2 is 1.93 bits per heavy atom. The highest BCUT2D eigenvalue weighted by Gasteiger charge is 2.25. The number of thiazole rings is 1. The minimum absolute atomic E-state index is 0.0791. The van der Waals surface area contributed by atoms with E-state index in [1.54, 1.807) is 13.2 Å². The van der Waals surface area contributed by atoms with Gasteiger partial charge in [0.15, 0.2) is 16.6 Å². The average Bonchev–Trinajstić information content (AvgIpc) is 3.22. The van der Waals surface area contributed by atoms with Crippen LogP contribution in [0.25, 0.3) is 0 Å². The summed E-state index contributed by atoms with van der Waals surface area (Å²) in [6.45, 7) is 7.14. The van der Waals surface area contributed by atoms with Gasteiger partial charge in [0, 0.05) is 39.3 Å². The number of carbonyl (C=O) groups excluding carboxylic acids is 1. The molecule has 2 aromatic rings. The highest BCUT2D eigenvalue weighted by atomic mass is 32.1. The van der Waals surface area contributed by atoms with Gasteiger partial charge >= 0.3 is 0 Å². The lowest BCUT2D eigenvalue weighted by molar-refractivity contribution is 0.0967. The molecule has 8 heteroatoms. The van der Waals surface area contributed by atoms with Crippen molar-refractivity contribution in [1.29, 1.82) is 0 Å².